The van der Waals surface area contributed by atoms with Gasteiger partial charge in [-0.1, -0.05) is 44.2 Å². The topological polar surface area (TPSA) is 218 Å². The largest absolute Gasteiger partial charge is 0.491 e. The smallest absolute Gasteiger partial charge is 0.255 e. The number of amides is 3. The number of fused-ring (bicyclic) bond motifs is 2. The van der Waals surface area contributed by atoms with Gasteiger partial charge >= 0.3 is 0 Å². The van der Waals surface area contributed by atoms with Gasteiger partial charge in [-0.2, -0.15) is 0 Å². The Labute approximate surface area is 451 Å². The van der Waals surface area contributed by atoms with Crippen LogP contribution in [0.2, 0.25) is 0 Å². The van der Waals surface area contributed by atoms with Crippen molar-refractivity contribution in [1.29, 1.82) is 0 Å². The minimum atomic E-state index is -0.914. The van der Waals surface area contributed by atoms with Crippen LogP contribution in [0, 0.1) is 19.8 Å². The number of rotatable bonds is 25. The molecule has 0 aliphatic carbocycles. The van der Waals surface area contributed by atoms with E-state index in [0.717, 1.165) is 49.7 Å². The predicted molar refractivity (Wildman–Crippen MR) is 292 cm³/mol. The molecule has 3 atom stereocenters. The number of carbonyl (C=O) groups is 3. The number of benzene rings is 3. The molecular formula is C57H66N10O9S. The van der Waals surface area contributed by atoms with E-state index in [2.05, 4.69) is 49.0 Å². The molecule has 3 N–H and O–H groups in total. The van der Waals surface area contributed by atoms with Gasteiger partial charge in [0, 0.05) is 61.1 Å². The van der Waals surface area contributed by atoms with Crippen LogP contribution in [0.4, 0.5) is 11.6 Å². The Kier molecular flexibility index (Phi) is 17.8. The maximum absolute atomic E-state index is 14.3. The maximum atomic E-state index is 14.3. The fourth-order valence-electron chi connectivity index (χ4n) is 9.82. The van der Waals surface area contributed by atoms with Gasteiger partial charge < -0.3 is 53.8 Å². The second-order valence-electron chi connectivity index (χ2n) is 19.6. The van der Waals surface area contributed by atoms with Gasteiger partial charge in [-0.25, -0.2) is 24.9 Å². The van der Waals surface area contributed by atoms with Crippen molar-refractivity contribution in [2.24, 2.45) is 5.92 Å². The van der Waals surface area contributed by atoms with Crippen LogP contribution in [0.1, 0.15) is 73.2 Å². The molecule has 1 saturated heterocycles. The first-order chi connectivity index (χ1) is 37.3. The van der Waals surface area contributed by atoms with E-state index in [1.807, 2.05) is 94.4 Å². The summed E-state index contributed by atoms with van der Waals surface area (Å²) in [5.74, 6) is 2.88. The Balaban J connectivity index is 0.677. The highest BCUT2D eigenvalue weighted by Crippen LogP contribution is 2.34. The van der Waals surface area contributed by atoms with Crippen molar-refractivity contribution in [3.05, 3.63) is 125 Å². The number of hydrogen-bond donors (Lipinski definition) is 3. The Morgan fingerprint density at radius 3 is 2.22 bits per heavy atom. The number of thiazole rings is 1. The van der Waals surface area contributed by atoms with Crippen molar-refractivity contribution < 1.29 is 43.2 Å². The van der Waals surface area contributed by atoms with Crippen LogP contribution < -0.4 is 20.1 Å². The molecule has 0 spiro atoms. The van der Waals surface area contributed by atoms with Gasteiger partial charge in [0.05, 0.1) is 73.5 Å². The van der Waals surface area contributed by atoms with Crippen molar-refractivity contribution in [1.82, 2.24) is 44.6 Å². The number of carbonyl (C=O) groups excluding carboxylic acids is 3. The third-order valence-electron chi connectivity index (χ3n) is 13.5. The molecule has 77 heavy (non-hydrogen) atoms. The van der Waals surface area contributed by atoms with E-state index in [0.29, 0.717) is 87.3 Å². The average Bonchev–Trinajstić information content (AvgIpc) is 4.22. The predicted octanol–water partition coefficient (Wildman–Crippen LogP) is 7.72. The van der Waals surface area contributed by atoms with Crippen molar-refractivity contribution in [3.8, 4) is 33.3 Å². The van der Waals surface area contributed by atoms with Gasteiger partial charge in [0.1, 0.15) is 59.8 Å². The van der Waals surface area contributed by atoms with Crippen LogP contribution in [-0.4, -0.2) is 140 Å². The van der Waals surface area contributed by atoms with Crippen LogP contribution in [-0.2, 0) is 36.9 Å². The number of imidazole rings is 1. The monoisotopic (exact) mass is 1070 g/mol. The molecule has 1 unspecified atom stereocenters. The zero-order valence-corrected chi connectivity index (χ0v) is 45.1. The lowest BCUT2D eigenvalue weighted by Gasteiger charge is -2.35. The molecule has 2 aliphatic rings. The summed E-state index contributed by atoms with van der Waals surface area (Å²) in [4.78, 5) is 68.4. The highest BCUT2D eigenvalue weighted by molar-refractivity contribution is 7.13. The first-order valence-corrected chi connectivity index (χ1v) is 26.9. The molecule has 6 heterocycles. The molecule has 404 valence electrons. The lowest BCUT2D eigenvalue weighted by molar-refractivity contribution is -0.143. The number of nitrogens with one attached hydrogen (secondary N) is 2. The summed E-state index contributed by atoms with van der Waals surface area (Å²) in [6.45, 7) is 15.2. The third-order valence-corrected chi connectivity index (χ3v) is 14.5. The third kappa shape index (κ3) is 13.1. The number of ether oxygens (including phenoxy) is 5. The Morgan fingerprint density at radius 1 is 0.805 bits per heavy atom. The molecule has 0 bridgehead atoms. The van der Waals surface area contributed by atoms with Gasteiger partial charge in [-0.3, -0.25) is 14.4 Å². The lowest BCUT2D eigenvalue weighted by atomic mass is 10.0. The summed E-state index contributed by atoms with van der Waals surface area (Å²) in [5.41, 5.74) is 8.49. The second kappa shape index (κ2) is 25.2. The molecule has 0 saturated carbocycles. The summed E-state index contributed by atoms with van der Waals surface area (Å²) in [6, 6.07) is 23.1. The molecule has 3 aromatic carbocycles. The van der Waals surface area contributed by atoms with E-state index >= 15 is 0 Å². The van der Waals surface area contributed by atoms with Crippen LogP contribution in [0.15, 0.2) is 96.8 Å². The van der Waals surface area contributed by atoms with Crippen molar-refractivity contribution >= 4 is 51.7 Å². The number of likely N-dealkylation sites (tertiary alicyclic amines) is 1. The van der Waals surface area contributed by atoms with Crippen LogP contribution in [0.5, 0.6) is 11.5 Å². The Hall–Kier alpha value is -7.36. The number of aliphatic hydroxyl groups is 1. The maximum Gasteiger partial charge on any atom is 0.255 e. The minimum absolute atomic E-state index is 0.00278. The van der Waals surface area contributed by atoms with Gasteiger partial charge in [-0.15, -0.1) is 11.3 Å². The van der Waals surface area contributed by atoms with Crippen molar-refractivity contribution in [3.63, 3.8) is 0 Å². The number of anilines is 2. The molecule has 2 aliphatic heterocycles. The Morgan fingerprint density at radius 2 is 1.52 bits per heavy atom. The van der Waals surface area contributed by atoms with E-state index in [9.17, 15) is 19.5 Å². The summed E-state index contributed by atoms with van der Waals surface area (Å²) in [5, 5.41) is 17.1. The molecule has 20 heteroatoms. The van der Waals surface area contributed by atoms with Crippen molar-refractivity contribution in [2.45, 2.75) is 85.3 Å². The zero-order chi connectivity index (χ0) is 54.0. The molecule has 0 radical (unpaired) electrons. The quantitative estimate of drug-likeness (QED) is 0.0467. The molecule has 19 nitrogen and oxygen atoms in total. The number of β-amino-alcohol motifs (C(OH)–C–C–N with tert-alkyl or cyclic N) is 1. The fraction of sp³-hybridized carbons (Fsp3) is 0.404. The minimum Gasteiger partial charge on any atom is -0.491 e. The standard InChI is InChI=1S/C57H66N10O9S/c1-35(2)52(66-32-42-9-7-8-10-45(42)56(66)70)57(71)65-33-43(68)28-48(65)55(69)60-30-41-12-11-40(53-37(5)61-34-77-53)27-49(41)76-26-24-74-22-20-72-19-21-73-23-25-75-44-15-13-39(14-16-44)54-58-18-17-50(64-54)63-51-29-47-46(31-59-51)62-38(6)67(47)36(3)4/h7-18,27,29,31,34-36,43,48,52,68H,19-26,28,30,32-33H2,1-6H3,(H,60,69)(H,58,59,63,64)/t43-,48+,52?/m1/s1. The molecule has 1 fully saturated rings. The molecular weight excluding hydrogens is 1000 g/mol. The highest BCUT2D eigenvalue weighted by Gasteiger charge is 2.46. The van der Waals surface area contributed by atoms with E-state index in [4.69, 9.17) is 28.7 Å². The van der Waals surface area contributed by atoms with Gasteiger partial charge in [0.25, 0.3) is 5.91 Å². The fourth-order valence-corrected chi connectivity index (χ4v) is 10.6. The second-order valence-corrected chi connectivity index (χ2v) is 20.5. The summed E-state index contributed by atoms with van der Waals surface area (Å²) in [6.07, 6.45) is 2.69. The van der Waals surface area contributed by atoms with Crippen molar-refractivity contribution in [2.75, 3.05) is 64.7 Å². The highest BCUT2D eigenvalue weighted by atomic mass is 32.1. The van der Waals surface area contributed by atoms with E-state index < -0.39 is 24.1 Å². The number of aryl methyl sites for hydroxylation is 2. The molecule has 9 rings (SSSR count). The van der Waals surface area contributed by atoms with Gasteiger partial charge in [0.15, 0.2) is 5.82 Å². The van der Waals surface area contributed by atoms with Crippen LogP contribution in [0.25, 0.3) is 32.9 Å². The number of nitrogens with zero attached hydrogens (tertiary/aromatic N) is 8. The Bertz CT molecular complexity index is 3160. The van der Waals surface area contributed by atoms with E-state index in [-0.39, 0.29) is 49.9 Å². The first-order valence-electron chi connectivity index (χ1n) is 26.0. The van der Waals surface area contributed by atoms with Crippen LogP contribution >= 0.6 is 11.3 Å². The summed E-state index contributed by atoms with van der Waals surface area (Å²) < 4.78 is 31.6. The lowest BCUT2D eigenvalue weighted by Crippen LogP contribution is -2.55. The molecule has 4 aromatic heterocycles. The summed E-state index contributed by atoms with van der Waals surface area (Å²) >= 11 is 1.53. The number of hydrogen-bond acceptors (Lipinski definition) is 16. The number of aromatic nitrogens is 6. The molecule has 7 aromatic rings. The van der Waals surface area contributed by atoms with Crippen LogP contribution in [0.3, 0.4) is 0 Å². The molecule has 3 amide bonds. The summed E-state index contributed by atoms with van der Waals surface area (Å²) in [7, 11) is 0. The van der Waals surface area contributed by atoms with Gasteiger partial charge in [0.2, 0.25) is 11.8 Å². The SMILES string of the molecule is Cc1ncsc1-c1ccc(CNC(=O)[C@@H]2C[C@@H](O)CN2C(=O)C(C(C)C)N2Cc3ccccc3C2=O)c(OCCOCCOCCOCCOc2ccc(-c3nccc(Nc4cc5c(cn4)nc(C)n5C(C)C)n3)cc2)c1. The average molecular weight is 1070 g/mol. The van der Waals surface area contributed by atoms with E-state index in [1.165, 1.54) is 16.2 Å². The first kappa shape index (κ1) is 54.4. The zero-order valence-electron chi connectivity index (χ0n) is 44.3. The number of aliphatic hydroxyl groups excluding tert-OH is 1. The number of pyridine rings is 1. The van der Waals surface area contributed by atoms with E-state index in [1.54, 1.807) is 34.9 Å². The van der Waals surface area contributed by atoms with Gasteiger partial charge in [-0.05, 0) is 87.2 Å². The normalized spacial score (nSPS) is 15.7.